The highest BCUT2D eigenvalue weighted by Gasteiger charge is 2.23. The number of phosphoric ester groups is 1. The molecule has 0 aliphatic rings. The molecule has 0 unspecified atom stereocenters. The molecule has 6 heteroatoms. The van der Waals surface area contributed by atoms with Crippen LogP contribution in [0.1, 0.15) is 79.6 Å². The summed E-state index contributed by atoms with van der Waals surface area (Å²) in [5.74, 6) is 0. The first kappa shape index (κ1) is 23.1. The quantitative estimate of drug-likeness (QED) is 0.343. The minimum absolute atomic E-state index is 0.0748. The van der Waals surface area contributed by atoms with Gasteiger partial charge in [-0.3, -0.25) is 4.52 Å². The summed E-state index contributed by atoms with van der Waals surface area (Å²) in [7, 11) is -4.36. The number of hydrogen-bond acceptors (Lipinski definition) is 3. The lowest BCUT2D eigenvalue weighted by atomic mass is 9.85. The molecule has 0 aromatic rings. The molecule has 0 aliphatic heterocycles. The Kier molecular flexibility index (Phi) is 10.9. The monoisotopic (exact) mass is 352 g/mol. The van der Waals surface area contributed by atoms with Crippen molar-refractivity contribution in [2.24, 2.45) is 10.8 Å². The van der Waals surface area contributed by atoms with Gasteiger partial charge in [0.15, 0.2) is 0 Å². The van der Waals surface area contributed by atoms with Crippen molar-refractivity contribution in [1.29, 1.82) is 0 Å². The molecule has 140 valence electrons. The lowest BCUT2D eigenvalue weighted by Gasteiger charge is -2.24. The normalized spacial score (nSPS) is 13.5. The second-order valence-electron chi connectivity index (χ2n) is 7.97. The maximum absolute atomic E-state index is 10.7. The predicted octanol–water partition coefficient (Wildman–Crippen LogP) is 4.92. The summed E-state index contributed by atoms with van der Waals surface area (Å²) in [5.41, 5.74) is 0.216. The van der Waals surface area contributed by atoms with Gasteiger partial charge < -0.3 is 14.5 Å². The van der Waals surface area contributed by atoms with Crippen molar-refractivity contribution in [3.8, 4) is 0 Å². The van der Waals surface area contributed by atoms with Gasteiger partial charge in [-0.25, -0.2) is 4.57 Å². The Bertz CT molecular complexity index is 349. The van der Waals surface area contributed by atoms with E-state index in [9.17, 15) is 4.57 Å². The van der Waals surface area contributed by atoms with Crippen molar-refractivity contribution in [2.75, 3.05) is 19.8 Å². The van der Waals surface area contributed by atoms with Gasteiger partial charge in [0.1, 0.15) is 0 Å². The molecule has 0 heterocycles. The summed E-state index contributed by atoms with van der Waals surface area (Å²) in [6, 6.07) is 0. The van der Waals surface area contributed by atoms with Crippen molar-refractivity contribution in [3.05, 3.63) is 0 Å². The average molecular weight is 352 g/mol. The summed E-state index contributed by atoms with van der Waals surface area (Å²) >= 11 is 0. The van der Waals surface area contributed by atoms with Crippen LogP contribution in [0.25, 0.3) is 0 Å². The van der Waals surface area contributed by atoms with Crippen LogP contribution in [0.3, 0.4) is 0 Å². The van der Waals surface area contributed by atoms with Crippen LogP contribution in [0.2, 0.25) is 0 Å². The number of ether oxygens (including phenoxy) is 1. The lowest BCUT2D eigenvalue weighted by Crippen LogP contribution is -2.18. The third-order valence-electron chi connectivity index (χ3n) is 4.37. The summed E-state index contributed by atoms with van der Waals surface area (Å²) in [6.45, 7) is 12.4. The van der Waals surface area contributed by atoms with Crippen LogP contribution in [0, 0.1) is 10.8 Å². The van der Waals surface area contributed by atoms with E-state index < -0.39 is 7.82 Å². The molecule has 5 nitrogen and oxygen atoms in total. The summed E-state index contributed by atoms with van der Waals surface area (Å²) in [5, 5.41) is 0. The number of rotatable bonds is 14. The molecule has 0 amide bonds. The van der Waals surface area contributed by atoms with Gasteiger partial charge >= 0.3 is 7.82 Å². The van der Waals surface area contributed by atoms with Gasteiger partial charge in [0.2, 0.25) is 0 Å². The zero-order valence-corrected chi connectivity index (χ0v) is 16.5. The highest BCUT2D eigenvalue weighted by molar-refractivity contribution is 7.46. The largest absolute Gasteiger partial charge is 0.469 e. The second-order valence-corrected chi connectivity index (χ2v) is 9.21. The van der Waals surface area contributed by atoms with E-state index in [0.717, 1.165) is 38.9 Å². The maximum atomic E-state index is 10.7. The first-order valence-corrected chi connectivity index (χ1v) is 10.3. The van der Waals surface area contributed by atoms with E-state index in [0.29, 0.717) is 5.41 Å². The highest BCUT2D eigenvalue weighted by atomic mass is 31.2. The molecular weight excluding hydrogens is 315 g/mol. The first-order chi connectivity index (χ1) is 10.5. The molecule has 0 radical (unpaired) electrons. The van der Waals surface area contributed by atoms with Crippen molar-refractivity contribution >= 4 is 7.82 Å². The van der Waals surface area contributed by atoms with Crippen LogP contribution in [0.15, 0.2) is 0 Å². The van der Waals surface area contributed by atoms with Gasteiger partial charge in [0.25, 0.3) is 0 Å². The fraction of sp³-hybridized carbons (Fsp3) is 1.00. The first-order valence-electron chi connectivity index (χ1n) is 8.75. The maximum Gasteiger partial charge on any atom is 0.469 e. The van der Waals surface area contributed by atoms with Crippen LogP contribution in [-0.2, 0) is 13.8 Å². The van der Waals surface area contributed by atoms with Crippen LogP contribution >= 0.6 is 7.82 Å². The van der Waals surface area contributed by atoms with Gasteiger partial charge in [0.05, 0.1) is 6.61 Å². The van der Waals surface area contributed by atoms with Crippen LogP contribution in [-0.4, -0.2) is 29.6 Å². The molecule has 0 aliphatic carbocycles. The van der Waals surface area contributed by atoms with E-state index in [4.69, 9.17) is 14.5 Å². The van der Waals surface area contributed by atoms with E-state index >= 15 is 0 Å². The number of hydrogen-bond donors (Lipinski definition) is 2. The minimum atomic E-state index is -4.36. The number of unbranched alkanes of at least 4 members (excludes halogenated alkanes) is 2. The second kappa shape index (κ2) is 10.8. The minimum Gasteiger partial charge on any atom is -0.381 e. The topological polar surface area (TPSA) is 76.0 Å². The van der Waals surface area contributed by atoms with E-state index in [1.54, 1.807) is 0 Å². The fourth-order valence-corrected chi connectivity index (χ4v) is 2.74. The third-order valence-corrected chi connectivity index (χ3v) is 4.83. The zero-order valence-electron chi connectivity index (χ0n) is 15.6. The molecule has 0 rings (SSSR count). The Morgan fingerprint density at radius 3 is 1.78 bits per heavy atom. The smallest absolute Gasteiger partial charge is 0.381 e. The lowest BCUT2D eigenvalue weighted by molar-refractivity contribution is 0.105. The molecule has 23 heavy (non-hydrogen) atoms. The predicted molar refractivity (Wildman–Crippen MR) is 94.4 cm³/mol. The zero-order chi connectivity index (χ0) is 18.0. The van der Waals surface area contributed by atoms with Gasteiger partial charge in [-0.1, -0.05) is 53.9 Å². The molecule has 0 atom stereocenters. The molecular formula is C17H37O5P. The van der Waals surface area contributed by atoms with Crippen LogP contribution in [0.4, 0.5) is 0 Å². The molecule has 0 spiro atoms. The highest BCUT2D eigenvalue weighted by Crippen LogP contribution is 2.39. The van der Waals surface area contributed by atoms with Gasteiger partial charge in [-0.05, 0) is 36.5 Å². The molecule has 2 N–H and O–H groups in total. The molecule has 0 bridgehead atoms. The Balaban J connectivity index is 3.53. The standard InChI is InChI=1S/C17H37O5P/c1-6-16(2,3)11-7-9-13-21-14-10-8-12-17(4,5)15-22-23(18,19)20/h6-15H2,1-5H3,(H2,18,19,20). The van der Waals surface area contributed by atoms with Crippen LogP contribution in [0.5, 0.6) is 0 Å². The van der Waals surface area contributed by atoms with Gasteiger partial charge in [0, 0.05) is 13.2 Å². The van der Waals surface area contributed by atoms with Crippen molar-refractivity contribution < 1.29 is 23.6 Å². The van der Waals surface area contributed by atoms with E-state index in [1.807, 2.05) is 13.8 Å². The Morgan fingerprint density at radius 2 is 1.35 bits per heavy atom. The Labute approximate surface area is 142 Å². The summed E-state index contributed by atoms with van der Waals surface area (Å²) < 4.78 is 21.0. The summed E-state index contributed by atoms with van der Waals surface area (Å²) in [4.78, 5) is 17.5. The number of phosphoric acid groups is 1. The molecule has 0 saturated heterocycles. The third kappa shape index (κ3) is 15.3. The van der Waals surface area contributed by atoms with Gasteiger partial charge in [-0.15, -0.1) is 0 Å². The molecule has 0 saturated carbocycles. The van der Waals surface area contributed by atoms with Gasteiger partial charge in [-0.2, -0.15) is 0 Å². The fourth-order valence-electron chi connectivity index (χ4n) is 2.23. The average Bonchev–Trinajstić information content (AvgIpc) is 2.43. The van der Waals surface area contributed by atoms with Crippen LogP contribution < -0.4 is 0 Å². The van der Waals surface area contributed by atoms with E-state index in [-0.39, 0.29) is 12.0 Å². The molecule has 0 fully saturated rings. The SMILES string of the molecule is CCC(C)(C)CCCCOCCCCC(C)(C)COP(=O)(O)O. The van der Waals surface area contributed by atoms with Crippen molar-refractivity contribution in [2.45, 2.75) is 79.6 Å². The van der Waals surface area contributed by atoms with Crippen molar-refractivity contribution in [1.82, 2.24) is 0 Å². The summed E-state index contributed by atoms with van der Waals surface area (Å²) in [6.07, 6.45) is 7.61. The van der Waals surface area contributed by atoms with Crippen molar-refractivity contribution in [3.63, 3.8) is 0 Å². The molecule has 0 aromatic carbocycles. The van der Waals surface area contributed by atoms with E-state index in [2.05, 4.69) is 25.3 Å². The molecule has 0 aromatic heterocycles. The Morgan fingerprint density at radius 1 is 0.870 bits per heavy atom. The Hall–Kier alpha value is 0.0700. The van der Waals surface area contributed by atoms with E-state index in [1.165, 1.54) is 19.3 Å².